The first-order valence-corrected chi connectivity index (χ1v) is 4.19. The molecule has 0 saturated carbocycles. The quantitative estimate of drug-likeness (QED) is 0.486. The van der Waals surface area contributed by atoms with Gasteiger partial charge in [0.25, 0.3) is 0 Å². The molecule has 0 amide bonds. The molecule has 0 aromatic heterocycles. The Bertz CT molecular complexity index is 298. The Balaban J connectivity index is 2.78. The Morgan fingerprint density at radius 3 is 3.08 bits per heavy atom. The van der Waals surface area contributed by atoms with Crippen LogP contribution in [0, 0.1) is 17.8 Å². The van der Waals surface area contributed by atoms with Gasteiger partial charge in [0.2, 0.25) is 0 Å². The first-order chi connectivity index (χ1) is 6.10. The number of hydrogen-bond acceptors (Lipinski definition) is 2. The van der Waals surface area contributed by atoms with E-state index >= 15 is 0 Å². The predicted octanol–water partition coefficient (Wildman–Crippen LogP) is 0.758. The number of aliphatic carboxylic acids is 1. The second kappa shape index (κ2) is 3.63. The van der Waals surface area contributed by atoms with Gasteiger partial charge in [-0.3, -0.25) is 4.79 Å². The molecule has 3 heteroatoms. The van der Waals surface area contributed by atoms with Crippen molar-refractivity contribution in [2.24, 2.45) is 11.7 Å². The van der Waals surface area contributed by atoms with E-state index < -0.39 is 17.4 Å². The van der Waals surface area contributed by atoms with E-state index in [0.717, 1.165) is 0 Å². The standard InChI is InChI=1S/C10H13NO2/c1-2-3-6-10(11)7-4-5-8(10)9(12)13/h4,7-8H,5-6,11H2,1H3,(H,12,13). The lowest BCUT2D eigenvalue weighted by molar-refractivity contribution is -0.142. The molecule has 1 aliphatic rings. The van der Waals surface area contributed by atoms with Gasteiger partial charge in [0, 0.05) is 6.42 Å². The van der Waals surface area contributed by atoms with Crippen molar-refractivity contribution >= 4 is 5.97 Å². The second-order valence-electron chi connectivity index (χ2n) is 3.24. The van der Waals surface area contributed by atoms with Crippen LogP contribution in [-0.2, 0) is 4.79 Å². The van der Waals surface area contributed by atoms with Gasteiger partial charge in [0.05, 0.1) is 11.5 Å². The fraction of sp³-hybridized carbons (Fsp3) is 0.500. The van der Waals surface area contributed by atoms with Crippen LogP contribution in [0.2, 0.25) is 0 Å². The van der Waals surface area contributed by atoms with Crippen LogP contribution in [0.25, 0.3) is 0 Å². The maximum absolute atomic E-state index is 10.8. The molecule has 0 aromatic carbocycles. The molecule has 3 nitrogen and oxygen atoms in total. The molecule has 0 saturated heterocycles. The van der Waals surface area contributed by atoms with Crippen molar-refractivity contribution < 1.29 is 9.90 Å². The van der Waals surface area contributed by atoms with Crippen LogP contribution < -0.4 is 5.73 Å². The van der Waals surface area contributed by atoms with Crippen molar-refractivity contribution in [3.63, 3.8) is 0 Å². The van der Waals surface area contributed by atoms with Crippen LogP contribution in [0.3, 0.4) is 0 Å². The van der Waals surface area contributed by atoms with Gasteiger partial charge in [0.15, 0.2) is 0 Å². The summed E-state index contributed by atoms with van der Waals surface area (Å²) in [7, 11) is 0. The zero-order chi connectivity index (χ0) is 9.90. The van der Waals surface area contributed by atoms with Gasteiger partial charge in [0.1, 0.15) is 0 Å². The number of carbonyl (C=O) groups is 1. The van der Waals surface area contributed by atoms with E-state index in [1.54, 1.807) is 13.0 Å². The van der Waals surface area contributed by atoms with E-state index in [9.17, 15) is 4.79 Å². The fourth-order valence-electron chi connectivity index (χ4n) is 1.51. The Morgan fingerprint density at radius 2 is 2.54 bits per heavy atom. The zero-order valence-corrected chi connectivity index (χ0v) is 7.58. The van der Waals surface area contributed by atoms with Gasteiger partial charge in [-0.25, -0.2) is 0 Å². The molecule has 2 unspecified atom stereocenters. The summed E-state index contributed by atoms with van der Waals surface area (Å²) in [4.78, 5) is 10.8. The summed E-state index contributed by atoms with van der Waals surface area (Å²) in [5.74, 6) is 4.19. The molecular weight excluding hydrogens is 166 g/mol. The second-order valence-corrected chi connectivity index (χ2v) is 3.24. The molecule has 3 N–H and O–H groups in total. The van der Waals surface area contributed by atoms with Crippen LogP contribution in [0.1, 0.15) is 19.8 Å². The Labute approximate surface area is 77.6 Å². The molecule has 1 rings (SSSR count). The summed E-state index contributed by atoms with van der Waals surface area (Å²) in [6.45, 7) is 1.72. The van der Waals surface area contributed by atoms with Crippen molar-refractivity contribution in [3.05, 3.63) is 12.2 Å². The van der Waals surface area contributed by atoms with Crippen molar-refractivity contribution in [2.45, 2.75) is 25.3 Å². The molecule has 2 atom stereocenters. The van der Waals surface area contributed by atoms with Gasteiger partial charge in [-0.15, -0.1) is 11.8 Å². The van der Waals surface area contributed by atoms with Crippen molar-refractivity contribution in [2.75, 3.05) is 0 Å². The lowest BCUT2D eigenvalue weighted by Gasteiger charge is -2.25. The molecule has 70 valence electrons. The van der Waals surface area contributed by atoms with Crippen LogP contribution in [0.4, 0.5) is 0 Å². The van der Waals surface area contributed by atoms with Crippen LogP contribution in [-0.4, -0.2) is 16.6 Å². The highest BCUT2D eigenvalue weighted by atomic mass is 16.4. The van der Waals surface area contributed by atoms with Crippen molar-refractivity contribution in [3.8, 4) is 11.8 Å². The number of carboxylic acid groups (broad SMARTS) is 1. The van der Waals surface area contributed by atoms with E-state index in [1.165, 1.54) is 0 Å². The van der Waals surface area contributed by atoms with Gasteiger partial charge < -0.3 is 10.8 Å². The summed E-state index contributed by atoms with van der Waals surface area (Å²) < 4.78 is 0. The van der Waals surface area contributed by atoms with Crippen molar-refractivity contribution in [1.82, 2.24) is 0 Å². The first-order valence-electron chi connectivity index (χ1n) is 4.19. The summed E-state index contributed by atoms with van der Waals surface area (Å²) in [6, 6.07) is 0. The maximum Gasteiger partial charge on any atom is 0.309 e. The molecule has 0 fully saturated rings. The average Bonchev–Trinajstić information content (AvgIpc) is 2.44. The Hall–Kier alpha value is -1.27. The highest BCUT2D eigenvalue weighted by Crippen LogP contribution is 2.30. The summed E-state index contributed by atoms with van der Waals surface area (Å²) >= 11 is 0. The lowest BCUT2D eigenvalue weighted by atomic mass is 9.85. The van der Waals surface area contributed by atoms with Crippen LogP contribution >= 0.6 is 0 Å². The molecule has 13 heavy (non-hydrogen) atoms. The van der Waals surface area contributed by atoms with Gasteiger partial charge in [-0.2, -0.15) is 0 Å². The number of hydrogen-bond donors (Lipinski definition) is 2. The summed E-state index contributed by atoms with van der Waals surface area (Å²) in [5.41, 5.74) is 5.15. The minimum Gasteiger partial charge on any atom is -0.481 e. The van der Waals surface area contributed by atoms with E-state index in [-0.39, 0.29) is 0 Å². The molecule has 1 aliphatic carbocycles. The smallest absolute Gasteiger partial charge is 0.309 e. The number of rotatable bonds is 2. The van der Waals surface area contributed by atoms with E-state index in [2.05, 4.69) is 11.8 Å². The molecule has 0 spiro atoms. The number of nitrogens with two attached hydrogens (primary N) is 1. The molecule has 0 radical (unpaired) electrons. The topological polar surface area (TPSA) is 63.3 Å². The largest absolute Gasteiger partial charge is 0.481 e. The molecular formula is C10H13NO2. The first kappa shape index (κ1) is 9.82. The zero-order valence-electron chi connectivity index (χ0n) is 7.58. The highest BCUT2D eigenvalue weighted by Gasteiger charge is 2.39. The molecule has 0 heterocycles. The maximum atomic E-state index is 10.8. The molecule has 0 aliphatic heterocycles. The van der Waals surface area contributed by atoms with E-state index in [0.29, 0.717) is 12.8 Å². The Kier molecular flexibility index (Phi) is 2.74. The molecule has 0 aromatic rings. The minimum atomic E-state index is -0.842. The fourth-order valence-corrected chi connectivity index (χ4v) is 1.51. The lowest BCUT2D eigenvalue weighted by Crippen LogP contribution is -2.46. The van der Waals surface area contributed by atoms with Gasteiger partial charge >= 0.3 is 5.97 Å². The average molecular weight is 179 g/mol. The summed E-state index contributed by atoms with van der Waals surface area (Å²) in [6.07, 6.45) is 4.50. The van der Waals surface area contributed by atoms with Crippen LogP contribution in [0.15, 0.2) is 12.2 Å². The van der Waals surface area contributed by atoms with Crippen LogP contribution in [0.5, 0.6) is 0 Å². The normalized spacial score (nSPS) is 31.1. The van der Waals surface area contributed by atoms with E-state index in [1.807, 2.05) is 6.08 Å². The third-order valence-corrected chi connectivity index (χ3v) is 2.32. The van der Waals surface area contributed by atoms with E-state index in [4.69, 9.17) is 10.8 Å². The minimum absolute atomic E-state index is 0.414. The predicted molar refractivity (Wildman–Crippen MR) is 49.9 cm³/mol. The van der Waals surface area contributed by atoms with Crippen molar-refractivity contribution in [1.29, 1.82) is 0 Å². The third kappa shape index (κ3) is 1.90. The Morgan fingerprint density at radius 1 is 1.85 bits per heavy atom. The highest BCUT2D eigenvalue weighted by molar-refractivity contribution is 5.73. The number of allylic oxidation sites excluding steroid dienone is 1. The SMILES string of the molecule is CC#CCC1(N)C=CCC1C(=O)O. The van der Waals surface area contributed by atoms with Gasteiger partial charge in [-0.1, -0.05) is 12.2 Å². The summed E-state index contributed by atoms with van der Waals surface area (Å²) in [5, 5.41) is 8.88. The number of carboxylic acids is 1. The third-order valence-electron chi connectivity index (χ3n) is 2.32. The molecule has 0 bridgehead atoms. The monoisotopic (exact) mass is 179 g/mol. The van der Waals surface area contributed by atoms with Gasteiger partial charge in [-0.05, 0) is 13.3 Å².